The minimum Gasteiger partial charge on any atom is -0.457 e. The molecule has 1 aliphatic rings. The van der Waals surface area contributed by atoms with Gasteiger partial charge in [-0.3, -0.25) is 0 Å². The van der Waals surface area contributed by atoms with Crippen LogP contribution in [0.15, 0.2) is 30.3 Å². The number of aliphatic hydroxyl groups is 1. The molecule has 0 aromatic heterocycles. The molecular formula is C18H10F7NO3. The molecular weight excluding hydrogens is 411 g/mol. The van der Waals surface area contributed by atoms with Gasteiger partial charge in [-0.25, -0.2) is 13.2 Å². The number of benzene rings is 2. The van der Waals surface area contributed by atoms with E-state index in [4.69, 9.17) is 10.00 Å². The van der Waals surface area contributed by atoms with Crippen molar-refractivity contribution in [2.45, 2.75) is 24.1 Å². The van der Waals surface area contributed by atoms with E-state index >= 15 is 0 Å². The lowest BCUT2D eigenvalue weighted by Gasteiger charge is -2.31. The van der Waals surface area contributed by atoms with Crippen molar-refractivity contribution in [1.29, 1.82) is 5.26 Å². The fourth-order valence-corrected chi connectivity index (χ4v) is 3.12. The summed E-state index contributed by atoms with van der Waals surface area (Å²) in [4.78, 5) is 0. The average molecular weight is 421 g/mol. The summed E-state index contributed by atoms with van der Waals surface area (Å²) in [5, 5.41) is 18.9. The van der Waals surface area contributed by atoms with Gasteiger partial charge in [-0.1, -0.05) is 0 Å². The molecule has 1 unspecified atom stereocenters. The summed E-state index contributed by atoms with van der Waals surface area (Å²) in [7, 11) is 0.452. The van der Waals surface area contributed by atoms with E-state index in [0.717, 1.165) is 12.1 Å². The molecule has 0 saturated heterocycles. The highest BCUT2D eigenvalue weighted by Crippen LogP contribution is 2.63. The van der Waals surface area contributed by atoms with Crippen LogP contribution in [0, 0.1) is 17.1 Å². The second kappa shape index (κ2) is 6.60. The Bertz CT molecular complexity index is 1020. The van der Waals surface area contributed by atoms with Crippen molar-refractivity contribution in [2.75, 3.05) is 7.11 Å². The molecule has 0 radical (unpaired) electrons. The van der Waals surface area contributed by atoms with Gasteiger partial charge in [0, 0.05) is 24.3 Å². The predicted molar refractivity (Wildman–Crippen MR) is 82.3 cm³/mol. The van der Waals surface area contributed by atoms with Gasteiger partial charge in [-0.05, 0) is 24.3 Å². The Morgan fingerprint density at radius 2 is 1.76 bits per heavy atom. The van der Waals surface area contributed by atoms with E-state index in [1.807, 2.05) is 0 Å². The van der Waals surface area contributed by atoms with Crippen molar-refractivity contribution in [3.05, 3.63) is 58.4 Å². The average Bonchev–Trinajstić information content (AvgIpc) is 2.76. The summed E-state index contributed by atoms with van der Waals surface area (Å²) < 4.78 is 107. The van der Waals surface area contributed by atoms with E-state index in [1.54, 1.807) is 6.07 Å². The number of hydrogen-bond acceptors (Lipinski definition) is 4. The van der Waals surface area contributed by atoms with Crippen LogP contribution >= 0.6 is 0 Å². The number of nitrogens with zero attached hydrogens (tertiary/aromatic N) is 1. The molecule has 0 aliphatic heterocycles. The zero-order valence-electron chi connectivity index (χ0n) is 14.3. The number of alkyl halides is 6. The van der Waals surface area contributed by atoms with E-state index in [-0.39, 0.29) is 5.56 Å². The van der Waals surface area contributed by atoms with Crippen molar-refractivity contribution in [3.63, 3.8) is 0 Å². The Morgan fingerprint density at radius 3 is 2.31 bits per heavy atom. The Hall–Kier alpha value is -2.84. The highest BCUT2D eigenvalue weighted by Gasteiger charge is 2.78. The maximum Gasteiger partial charge on any atom is 0.371 e. The van der Waals surface area contributed by atoms with Crippen molar-refractivity contribution >= 4 is 0 Å². The number of methoxy groups -OCH3 is 1. The third-order valence-corrected chi connectivity index (χ3v) is 4.44. The Kier molecular flexibility index (Phi) is 4.76. The van der Waals surface area contributed by atoms with Crippen LogP contribution in [0.3, 0.4) is 0 Å². The highest BCUT2D eigenvalue weighted by atomic mass is 19.3. The molecule has 0 fully saturated rings. The first-order valence-corrected chi connectivity index (χ1v) is 7.78. The minimum atomic E-state index is -5.27. The van der Waals surface area contributed by atoms with Gasteiger partial charge in [-0.2, -0.15) is 22.8 Å². The Balaban J connectivity index is 2.26. The lowest BCUT2D eigenvalue weighted by Crippen LogP contribution is -2.50. The Morgan fingerprint density at radius 1 is 1.10 bits per heavy atom. The first kappa shape index (κ1) is 20.9. The van der Waals surface area contributed by atoms with E-state index < -0.39 is 58.1 Å². The van der Waals surface area contributed by atoms with Gasteiger partial charge in [0.05, 0.1) is 17.2 Å². The molecule has 0 heterocycles. The molecule has 11 heteroatoms. The molecule has 3 rings (SSSR count). The fraction of sp³-hybridized carbons (Fsp3) is 0.278. The molecule has 154 valence electrons. The lowest BCUT2D eigenvalue weighted by atomic mass is 9.98. The smallest absolute Gasteiger partial charge is 0.371 e. The van der Waals surface area contributed by atoms with E-state index in [2.05, 4.69) is 4.74 Å². The van der Waals surface area contributed by atoms with Crippen molar-refractivity contribution < 1.29 is 45.3 Å². The van der Waals surface area contributed by atoms with Gasteiger partial charge in [0.1, 0.15) is 17.3 Å². The lowest BCUT2D eigenvalue weighted by molar-refractivity contribution is -0.366. The summed E-state index contributed by atoms with van der Waals surface area (Å²) in [6.07, 6.45) is -3.66. The molecule has 1 N–H and O–H groups in total. The third kappa shape index (κ3) is 2.82. The van der Waals surface area contributed by atoms with Crippen molar-refractivity contribution in [2.24, 2.45) is 0 Å². The van der Waals surface area contributed by atoms with Crippen LogP contribution in [0.4, 0.5) is 30.7 Å². The zero-order chi connectivity index (χ0) is 21.8. The molecule has 29 heavy (non-hydrogen) atoms. The minimum absolute atomic E-state index is 0.244. The van der Waals surface area contributed by atoms with Gasteiger partial charge in [-0.15, -0.1) is 0 Å². The van der Waals surface area contributed by atoms with E-state index in [9.17, 15) is 35.8 Å². The summed E-state index contributed by atoms with van der Waals surface area (Å²) in [5.74, 6) is -16.7. The van der Waals surface area contributed by atoms with Gasteiger partial charge in [0.25, 0.3) is 12.2 Å². The molecule has 0 saturated carbocycles. The quantitative estimate of drug-likeness (QED) is 0.560. The zero-order valence-corrected chi connectivity index (χ0v) is 14.3. The highest BCUT2D eigenvalue weighted by molar-refractivity contribution is 5.56. The first-order chi connectivity index (χ1) is 13.4. The SMILES string of the molecule is COC1(O)c2c(ccc(Oc3cc(F)cc(C#N)c3)c2C(F)F)C(F)(F)C1(F)F. The number of hydrogen-bond donors (Lipinski definition) is 1. The van der Waals surface area contributed by atoms with Crippen LogP contribution < -0.4 is 4.74 Å². The standard InChI is InChI=1S/C18H10F7NO3/c1-28-17(27)14-11(16(22,23)18(17,24)25)2-3-12(13(14)15(20)21)29-10-5-8(7-26)4-9(19)6-10/h2-6,15,27H,1H3. The fourth-order valence-electron chi connectivity index (χ4n) is 3.12. The normalized spacial score (nSPS) is 21.7. The van der Waals surface area contributed by atoms with Crippen LogP contribution in [-0.2, 0) is 16.4 Å². The summed E-state index contributed by atoms with van der Waals surface area (Å²) in [6, 6.07) is 5.00. The molecule has 1 atom stereocenters. The second-order valence-electron chi connectivity index (χ2n) is 6.09. The van der Waals surface area contributed by atoms with Gasteiger partial charge in [0.2, 0.25) is 0 Å². The molecule has 1 aliphatic carbocycles. The van der Waals surface area contributed by atoms with Crippen molar-refractivity contribution in [3.8, 4) is 17.6 Å². The van der Waals surface area contributed by atoms with Gasteiger partial charge >= 0.3 is 11.8 Å². The number of ether oxygens (including phenoxy) is 2. The van der Waals surface area contributed by atoms with E-state index in [1.165, 1.54) is 0 Å². The molecule has 2 aromatic rings. The second-order valence-corrected chi connectivity index (χ2v) is 6.09. The predicted octanol–water partition coefficient (Wildman–Crippen LogP) is 4.96. The molecule has 0 spiro atoms. The van der Waals surface area contributed by atoms with Gasteiger partial charge in [0.15, 0.2) is 0 Å². The third-order valence-electron chi connectivity index (χ3n) is 4.44. The maximum absolute atomic E-state index is 14.2. The number of halogens is 7. The topological polar surface area (TPSA) is 62.5 Å². The van der Waals surface area contributed by atoms with Crippen LogP contribution in [0.25, 0.3) is 0 Å². The molecule has 0 bridgehead atoms. The van der Waals surface area contributed by atoms with E-state index in [0.29, 0.717) is 25.3 Å². The molecule has 0 amide bonds. The van der Waals surface area contributed by atoms with Crippen LogP contribution in [0.1, 0.15) is 28.7 Å². The van der Waals surface area contributed by atoms with Crippen LogP contribution in [-0.4, -0.2) is 18.1 Å². The number of nitriles is 1. The number of fused-ring (bicyclic) bond motifs is 1. The maximum atomic E-state index is 14.2. The molecule has 4 nitrogen and oxygen atoms in total. The first-order valence-electron chi connectivity index (χ1n) is 7.78. The largest absolute Gasteiger partial charge is 0.457 e. The Labute approximate surface area is 158 Å². The van der Waals surface area contributed by atoms with Crippen LogP contribution in [0.5, 0.6) is 11.5 Å². The summed E-state index contributed by atoms with van der Waals surface area (Å²) in [6.45, 7) is 0. The number of rotatable bonds is 4. The molecule has 2 aromatic carbocycles. The van der Waals surface area contributed by atoms with Crippen molar-refractivity contribution in [1.82, 2.24) is 0 Å². The van der Waals surface area contributed by atoms with Gasteiger partial charge < -0.3 is 14.6 Å². The monoisotopic (exact) mass is 421 g/mol. The van der Waals surface area contributed by atoms with Crippen LogP contribution in [0.2, 0.25) is 0 Å². The summed E-state index contributed by atoms with van der Waals surface area (Å²) >= 11 is 0. The summed E-state index contributed by atoms with van der Waals surface area (Å²) in [5.41, 5.74) is -4.83.